The molecule has 1 atom stereocenters. The van der Waals surface area contributed by atoms with E-state index in [1.807, 2.05) is 13.8 Å². The van der Waals surface area contributed by atoms with Gasteiger partial charge in [0.1, 0.15) is 5.54 Å². The molecule has 0 spiro atoms. The Morgan fingerprint density at radius 3 is 2.45 bits per heavy atom. The summed E-state index contributed by atoms with van der Waals surface area (Å²) in [5.41, 5.74) is -1.34. The highest BCUT2D eigenvalue weighted by Gasteiger charge is 2.45. The standard InChI is InChI=1S/C14H24N2O4/c1-13(2)4-3-7-15-10(13)11(17)16-14(12(18)19)5-8-20-9-6-14/h10,15H,3-9H2,1-2H3,(H,16,17)(H,18,19). The van der Waals surface area contributed by atoms with Crippen LogP contribution in [0.5, 0.6) is 0 Å². The Morgan fingerprint density at radius 2 is 1.90 bits per heavy atom. The molecule has 2 saturated heterocycles. The van der Waals surface area contributed by atoms with Crippen LogP contribution in [0.1, 0.15) is 39.5 Å². The summed E-state index contributed by atoms with van der Waals surface area (Å²) in [6, 6.07) is -0.338. The van der Waals surface area contributed by atoms with Gasteiger partial charge >= 0.3 is 5.97 Å². The van der Waals surface area contributed by atoms with E-state index in [0.29, 0.717) is 26.1 Å². The maximum absolute atomic E-state index is 12.5. The van der Waals surface area contributed by atoms with Crippen LogP contribution in [-0.2, 0) is 14.3 Å². The average molecular weight is 284 g/mol. The van der Waals surface area contributed by atoms with Crippen molar-refractivity contribution in [1.29, 1.82) is 0 Å². The molecule has 1 unspecified atom stereocenters. The molecule has 20 heavy (non-hydrogen) atoms. The summed E-state index contributed by atoms with van der Waals surface area (Å²) in [6.07, 6.45) is 2.64. The van der Waals surface area contributed by atoms with Crippen LogP contribution in [0.15, 0.2) is 0 Å². The molecule has 6 nitrogen and oxygen atoms in total. The van der Waals surface area contributed by atoms with Crippen LogP contribution in [0.2, 0.25) is 0 Å². The van der Waals surface area contributed by atoms with Crippen molar-refractivity contribution in [3.8, 4) is 0 Å². The third kappa shape index (κ3) is 2.96. The van der Waals surface area contributed by atoms with Gasteiger partial charge in [0, 0.05) is 26.1 Å². The number of piperidine rings is 1. The van der Waals surface area contributed by atoms with Crippen molar-refractivity contribution in [1.82, 2.24) is 10.6 Å². The first-order valence-electron chi connectivity index (χ1n) is 7.24. The van der Waals surface area contributed by atoms with Crippen LogP contribution in [0.3, 0.4) is 0 Å². The van der Waals surface area contributed by atoms with Gasteiger partial charge in [0.05, 0.1) is 6.04 Å². The number of nitrogens with one attached hydrogen (secondary N) is 2. The Bertz CT molecular complexity index is 389. The average Bonchev–Trinajstić information content (AvgIpc) is 2.38. The van der Waals surface area contributed by atoms with Crippen LogP contribution < -0.4 is 10.6 Å². The number of hydrogen-bond donors (Lipinski definition) is 3. The van der Waals surface area contributed by atoms with Crippen molar-refractivity contribution in [2.45, 2.75) is 51.1 Å². The van der Waals surface area contributed by atoms with Crippen molar-refractivity contribution >= 4 is 11.9 Å². The van der Waals surface area contributed by atoms with Gasteiger partial charge in [0.15, 0.2) is 0 Å². The Kier molecular flexibility index (Phi) is 4.34. The Labute approximate surface area is 119 Å². The molecule has 6 heteroatoms. The summed E-state index contributed by atoms with van der Waals surface area (Å²) < 4.78 is 5.21. The lowest BCUT2D eigenvalue weighted by Crippen LogP contribution is -2.64. The Balaban J connectivity index is 2.10. The van der Waals surface area contributed by atoms with Crippen molar-refractivity contribution in [3.05, 3.63) is 0 Å². The summed E-state index contributed by atoms with van der Waals surface area (Å²) in [5.74, 6) is -1.18. The second-order valence-electron chi connectivity index (χ2n) is 6.47. The zero-order valence-corrected chi connectivity index (χ0v) is 12.2. The van der Waals surface area contributed by atoms with E-state index in [1.165, 1.54) is 0 Å². The number of carboxylic acids is 1. The zero-order chi connectivity index (χ0) is 14.8. The van der Waals surface area contributed by atoms with Gasteiger partial charge in [-0.1, -0.05) is 13.8 Å². The SMILES string of the molecule is CC1(C)CCCNC1C(=O)NC1(C(=O)O)CCOCC1. The van der Waals surface area contributed by atoms with Gasteiger partial charge in [0.2, 0.25) is 5.91 Å². The number of carboxylic acid groups (broad SMARTS) is 1. The molecule has 0 aromatic heterocycles. The third-order valence-electron chi connectivity index (χ3n) is 4.51. The summed E-state index contributed by atoms with van der Waals surface area (Å²) in [7, 11) is 0. The number of amides is 1. The van der Waals surface area contributed by atoms with Gasteiger partial charge in [0.25, 0.3) is 0 Å². The van der Waals surface area contributed by atoms with Crippen LogP contribution in [0.4, 0.5) is 0 Å². The number of ether oxygens (including phenoxy) is 1. The Hall–Kier alpha value is -1.14. The van der Waals surface area contributed by atoms with Gasteiger partial charge in [-0.05, 0) is 24.8 Å². The number of hydrogen-bond acceptors (Lipinski definition) is 4. The second-order valence-corrected chi connectivity index (χ2v) is 6.47. The summed E-state index contributed by atoms with van der Waals surface area (Å²) >= 11 is 0. The molecule has 114 valence electrons. The summed E-state index contributed by atoms with van der Waals surface area (Å²) in [4.78, 5) is 24.1. The van der Waals surface area contributed by atoms with Crippen molar-refractivity contribution in [2.75, 3.05) is 19.8 Å². The fourth-order valence-corrected chi connectivity index (χ4v) is 3.08. The topological polar surface area (TPSA) is 87.7 Å². The van der Waals surface area contributed by atoms with Gasteiger partial charge < -0.3 is 20.5 Å². The molecule has 3 N–H and O–H groups in total. The molecular weight excluding hydrogens is 260 g/mol. The third-order valence-corrected chi connectivity index (χ3v) is 4.51. The fourth-order valence-electron chi connectivity index (χ4n) is 3.08. The normalized spacial score (nSPS) is 28.6. The zero-order valence-electron chi connectivity index (χ0n) is 12.2. The molecule has 0 aromatic carbocycles. The fraction of sp³-hybridized carbons (Fsp3) is 0.857. The molecule has 0 aliphatic carbocycles. The summed E-state index contributed by atoms with van der Waals surface area (Å²) in [5, 5.41) is 15.5. The number of carbonyl (C=O) groups excluding carboxylic acids is 1. The monoisotopic (exact) mass is 284 g/mol. The van der Waals surface area contributed by atoms with Crippen LogP contribution in [0, 0.1) is 5.41 Å². The highest BCUT2D eigenvalue weighted by atomic mass is 16.5. The highest BCUT2D eigenvalue weighted by molar-refractivity contribution is 5.90. The molecule has 2 rings (SSSR count). The maximum Gasteiger partial charge on any atom is 0.329 e. The van der Waals surface area contributed by atoms with Gasteiger partial charge in [-0.3, -0.25) is 4.79 Å². The van der Waals surface area contributed by atoms with Crippen molar-refractivity contribution in [2.24, 2.45) is 5.41 Å². The molecule has 2 fully saturated rings. The molecule has 0 aromatic rings. The van der Waals surface area contributed by atoms with Crippen LogP contribution >= 0.6 is 0 Å². The first kappa shape index (κ1) is 15.3. The predicted molar refractivity (Wildman–Crippen MR) is 73.4 cm³/mol. The number of aliphatic carboxylic acids is 1. The molecule has 2 heterocycles. The van der Waals surface area contributed by atoms with Crippen molar-refractivity contribution < 1.29 is 19.4 Å². The van der Waals surface area contributed by atoms with Gasteiger partial charge in [-0.15, -0.1) is 0 Å². The largest absolute Gasteiger partial charge is 0.480 e. The van der Waals surface area contributed by atoms with E-state index in [1.54, 1.807) is 0 Å². The van der Waals surface area contributed by atoms with E-state index in [0.717, 1.165) is 19.4 Å². The van der Waals surface area contributed by atoms with Crippen molar-refractivity contribution in [3.63, 3.8) is 0 Å². The molecule has 1 amide bonds. The molecule has 0 saturated carbocycles. The molecule has 0 radical (unpaired) electrons. The first-order valence-corrected chi connectivity index (χ1v) is 7.24. The lowest BCUT2D eigenvalue weighted by molar-refractivity contribution is -0.153. The minimum atomic E-state index is -1.18. The first-order chi connectivity index (χ1) is 9.37. The molecule has 0 bridgehead atoms. The minimum Gasteiger partial charge on any atom is -0.480 e. The summed E-state index contributed by atoms with van der Waals surface area (Å²) in [6.45, 7) is 5.62. The maximum atomic E-state index is 12.5. The second kappa shape index (κ2) is 5.69. The lowest BCUT2D eigenvalue weighted by Gasteiger charge is -2.41. The van der Waals surface area contributed by atoms with E-state index < -0.39 is 11.5 Å². The number of rotatable bonds is 3. The van der Waals surface area contributed by atoms with E-state index in [-0.39, 0.29) is 17.4 Å². The highest BCUT2D eigenvalue weighted by Crippen LogP contribution is 2.31. The van der Waals surface area contributed by atoms with Gasteiger partial charge in [-0.2, -0.15) is 0 Å². The minimum absolute atomic E-state index is 0.160. The number of carbonyl (C=O) groups is 2. The van der Waals surface area contributed by atoms with E-state index in [4.69, 9.17) is 4.74 Å². The smallest absolute Gasteiger partial charge is 0.329 e. The molecule has 2 aliphatic heterocycles. The van der Waals surface area contributed by atoms with E-state index in [9.17, 15) is 14.7 Å². The van der Waals surface area contributed by atoms with E-state index in [2.05, 4.69) is 10.6 Å². The quantitative estimate of drug-likeness (QED) is 0.703. The Morgan fingerprint density at radius 1 is 1.25 bits per heavy atom. The predicted octanol–water partition coefficient (Wildman–Crippen LogP) is 0.515. The molecular formula is C14H24N2O4. The molecule has 2 aliphatic rings. The van der Waals surface area contributed by atoms with Gasteiger partial charge in [-0.25, -0.2) is 4.79 Å². The van der Waals surface area contributed by atoms with E-state index >= 15 is 0 Å². The van der Waals surface area contributed by atoms with Crippen LogP contribution in [0.25, 0.3) is 0 Å². The lowest BCUT2D eigenvalue weighted by atomic mass is 9.76. The van der Waals surface area contributed by atoms with Crippen LogP contribution in [-0.4, -0.2) is 48.3 Å².